The third kappa shape index (κ3) is 6.07. The number of rotatable bonds is 6. The number of aromatic amines is 1. The van der Waals surface area contributed by atoms with Crippen LogP contribution in [0.15, 0.2) is 64.6 Å². The molecule has 16 heteroatoms. The van der Waals surface area contributed by atoms with E-state index in [-0.39, 0.29) is 75.5 Å². The first-order valence-electron chi connectivity index (χ1n) is 11.1. The Morgan fingerprint density at radius 1 is 1.10 bits per heavy atom. The van der Waals surface area contributed by atoms with Gasteiger partial charge in [-0.3, -0.25) is 19.4 Å². The normalized spacial score (nSPS) is 11.6. The number of H-pyrrole nitrogens is 1. The number of nitriles is 1. The minimum absolute atomic E-state index is 0. The van der Waals surface area contributed by atoms with Gasteiger partial charge in [-0.15, -0.1) is 0 Å². The average Bonchev–Trinajstić information content (AvgIpc) is 3.43. The number of hydrogen-bond acceptors (Lipinski definition) is 10. The average molecular weight is 577 g/mol. The molecule has 4 aromatic heterocycles. The molecule has 1 N–H and O–H groups in total. The standard InChI is InChI=1S/C24H20N7O6P.2Na/c1-24(2,12-25)15-3-5-16(6-4-15)31-21-17(22(32)30(23(31)33)13-37-38(34,35)36)11-26-19-8-7-18(29-20(19)21)14-9-27-28-10-14;;/h3-11H,13H2,1-2H3,(H,27,28)(H2,34,35,36);;/q;2*+1/p-2. The summed E-state index contributed by atoms with van der Waals surface area (Å²) < 4.78 is 17.0. The van der Waals surface area contributed by atoms with Gasteiger partial charge >= 0.3 is 64.8 Å². The molecule has 0 aliphatic heterocycles. The molecular weight excluding hydrogens is 559 g/mol. The zero-order valence-electron chi connectivity index (χ0n) is 22.0. The van der Waals surface area contributed by atoms with Crippen molar-refractivity contribution >= 4 is 29.8 Å². The number of hydrogen-bond donors (Lipinski definition) is 1. The van der Waals surface area contributed by atoms with Crippen LogP contribution in [0.1, 0.15) is 19.4 Å². The molecule has 5 rings (SSSR count). The number of phosphoric ester groups is 1. The van der Waals surface area contributed by atoms with Crippen molar-refractivity contribution in [3.8, 4) is 23.0 Å². The quantitative estimate of drug-likeness (QED) is 0.116. The Morgan fingerprint density at radius 3 is 2.40 bits per heavy atom. The van der Waals surface area contributed by atoms with Crippen molar-refractivity contribution in [3.05, 3.63) is 81.4 Å². The molecule has 5 aromatic rings. The summed E-state index contributed by atoms with van der Waals surface area (Å²) in [7, 11) is -5.50. The van der Waals surface area contributed by atoms with Crippen molar-refractivity contribution in [1.29, 1.82) is 5.26 Å². The van der Waals surface area contributed by atoms with Gasteiger partial charge in [-0.1, -0.05) is 12.1 Å². The van der Waals surface area contributed by atoms with E-state index in [9.17, 15) is 29.2 Å². The molecule has 0 unspecified atom stereocenters. The van der Waals surface area contributed by atoms with Gasteiger partial charge in [0.05, 0.1) is 53.3 Å². The van der Waals surface area contributed by atoms with Crippen LogP contribution in [0.4, 0.5) is 0 Å². The first kappa shape index (κ1) is 32.0. The summed E-state index contributed by atoms with van der Waals surface area (Å²) in [5, 5.41) is 16.0. The van der Waals surface area contributed by atoms with Crippen molar-refractivity contribution < 1.29 is 78.0 Å². The minimum Gasteiger partial charge on any atom is -0.790 e. The van der Waals surface area contributed by atoms with Gasteiger partial charge in [-0.2, -0.15) is 10.4 Å². The number of pyridine rings is 2. The largest absolute Gasteiger partial charge is 1.00 e. The second-order valence-corrected chi connectivity index (χ2v) is 10.1. The van der Waals surface area contributed by atoms with Crippen molar-refractivity contribution in [2.75, 3.05) is 0 Å². The Bertz CT molecular complexity index is 1910. The number of fused-ring (bicyclic) bond motifs is 3. The van der Waals surface area contributed by atoms with Crippen LogP contribution in [0.25, 0.3) is 38.9 Å². The van der Waals surface area contributed by atoms with Gasteiger partial charge in [0.25, 0.3) is 5.56 Å². The fourth-order valence-electron chi connectivity index (χ4n) is 4.01. The fraction of sp³-hybridized carbons (Fsp3) is 0.167. The Kier molecular flexibility index (Phi) is 9.76. The van der Waals surface area contributed by atoms with Gasteiger partial charge in [0.1, 0.15) is 12.2 Å². The topological polar surface area (TPSA) is 195 Å². The number of phosphoric acid groups is 1. The maximum Gasteiger partial charge on any atom is 1.00 e. The molecule has 0 bridgehead atoms. The SMILES string of the molecule is CC(C)(C#N)c1ccc(-n2c(=O)n(COP(=O)([O-])[O-])c(=O)c3cnc4ccc(-c5cn[nH]c5)nc4c32)cc1.[Na+].[Na+]. The Labute approximate surface area is 270 Å². The van der Waals surface area contributed by atoms with Crippen LogP contribution in [-0.4, -0.2) is 29.3 Å². The summed E-state index contributed by atoms with van der Waals surface area (Å²) in [6.45, 7) is 2.37. The minimum atomic E-state index is -5.50. The fourth-order valence-corrected chi connectivity index (χ4v) is 4.27. The van der Waals surface area contributed by atoms with E-state index in [0.29, 0.717) is 32.6 Å². The van der Waals surface area contributed by atoms with Crippen molar-refractivity contribution in [1.82, 2.24) is 29.3 Å². The maximum atomic E-state index is 13.7. The monoisotopic (exact) mass is 577 g/mol. The van der Waals surface area contributed by atoms with Crippen LogP contribution >= 0.6 is 7.82 Å². The van der Waals surface area contributed by atoms with Gasteiger partial charge in [0.2, 0.25) is 0 Å². The molecule has 0 aliphatic carbocycles. The Morgan fingerprint density at radius 2 is 1.80 bits per heavy atom. The molecule has 0 fully saturated rings. The van der Waals surface area contributed by atoms with Crippen molar-refractivity contribution in [3.63, 3.8) is 0 Å². The van der Waals surface area contributed by atoms with Crippen LogP contribution in [0, 0.1) is 11.3 Å². The van der Waals surface area contributed by atoms with E-state index < -0.39 is 31.2 Å². The summed E-state index contributed by atoms with van der Waals surface area (Å²) in [4.78, 5) is 58.1. The van der Waals surface area contributed by atoms with Crippen LogP contribution in [0.3, 0.4) is 0 Å². The second-order valence-electron chi connectivity index (χ2n) is 8.91. The summed E-state index contributed by atoms with van der Waals surface area (Å²) in [6, 6.07) is 12.1. The number of benzene rings is 1. The smallest absolute Gasteiger partial charge is 0.790 e. The van der Waals surface area contributed by atoms with Crippen LogP contribution in [-0.2, 0) is 21.2 Å². The molecule has 0 atom stereocenters. The predicted molar refractivity (Wildman–Crippen MR) is 132 cm³/mol. The van der Waals surface area contributed by atoms with Crippen molar-refractivity contribution in [2.45, 2.75) is 26.0 Å². The number of nitrogens with zero attached hydrogens (tertiary/aromatic N) is 6. The summed E-state index contributed by atoms with van der Waals surface area (Å²) in [5.41, 5.74) is 0.171. The zero-order chi connectivity index (χ0) is 27.2. The van der Waals surface area contributed by atoms with Gasteiger partial charge in [0.15, 0.2) is 0 Å². The molecule has 0 aliphatic rings. The Balaban J connectivity index is 0.00000220. The van der Waals surface area contributed by atoms with Crippen LogP contribution < -0.4 is 80.2 Å². The molecule has 1 aromatic carbocycles. The third-order valence-electron chi connectivity index (χ3n) is 6.07. The van der Waals surface area contributed by atoms with Crippen LogP contribution in [0.2, 0.25) is 0 Å². The van der Waals surface area contributed by atoms with Gasteiger partial charge < -0.3 is 18.9 Å². The van der Waals surface area contributed by atoms with Gasteiger partial charge in [-0.05, 0) is 43.7 Å². The Hall–Kier alpha value is -2.47. The second kappa shape index (κ2) is 12.2. The van der Waals surface area contributed by atoms with Crippen LogP contribution in [0.5, 0.6) is 0 Å². The molecule has 0 saturated heterocycles. The van der Waals surface area contributed by atoms with E-state index in [1.807, 2.05) is 0 Å². The van der Waals surface area contributed by atoms with E-state index in [4.69, 9.17) is 0 Å². The molecule has 0 spiro atoms. The predicted octanol–water partition coefficient (Wildman–Crippen LogP) is -4.90. The zero-order valence-corrected chi connectivity index (χ0v) is 26.9. The number of nitrogens with one attached hydrogen (secondary N) is 1. The van der Waals surface area contributed by atoms with Gasteiger partial charge in [0, 0.05) is 18.0 Å². The molecule has 0 radical (unpaired) electrons. The van der Waals surface area contributed by atoms with Gasteiger partial charge in [-0.25, -0.2) is 14.3 Å². The molecule has 0 amide bonds. The van der Waals surface area contributed by atoms with E-state index >= 15 is 0 Å². The van der Waals surface area contributed by atoms with E-state index in [1.165, 1.54) is 10.8 Å². The third-order valence-corrected chi connectivity index (χ3v) is 6.50. The van der Waals surface area contributed by atoms with Crippen molar-refractivity contribution in [2.24, 2.45) is 0 Å². The summed E-state index contributed by atoms with van der Waals surface area (Å²) in [6.07, 6.45) is 4.43. The number of aromatic nitrogens is 6. The molecule has 40 heavy (non-hydrogen) atoms. The molecule has 0 saturated carbocycles. The maximum absolute atomic E-state index is 13.7. The molecular formula is C24H18N7Na2O6P. The molecule has 192 valence electrons. The molecule has 13 nitrogen and oxygen atoms in total. The summed E-state index contributed by atoms with van der Waals surface area (Å²) >= 11 is 0. The summed E-state index contributed by atoms with van der Waals surface area (Å²) in [5.74, 6) is 0. The molecule has 4 heterocycles. The van der Waals surface area contributed by atoms with E-state index in [1.54, 1.807) is 62.6 Å². The van der Waals surface area contributed by atoms with E-state index in [0.717, 1.165) is 0 Å². The van der Waals surface area contributed by atoms with E-state index in [2.05, 4.69) is 30.8 Å². The first-order valence-corrected chi connectivity index (χ1v) is 12.6. The first-order chi connectivity index (χ1) is 18.0.